The number of pyridine rings is 1. The van der Waals surface area contributed by atoms with Gasteiger partial charge in [0, 0.05) is 49.1 Å². The van der Waals surface area contributed by atoms with Crippen molar-refractivity contribution in [3.63, 3.8) is 0 Å². The number of hydrogen-bond donors (Lipinski definition) is 1. The van der Waals surface area contributed by atoms with Crippen molar-refractivity contribution in [3.8, 4) is 11.1 Å². The van der Waals surface area contributed by atoms with E-state index in [-0.39, 0.29) is 23.8 Å². The third-order valence-electron chi connectivity index (χ3n) is 7.30. The average Bonchev–Trinajstić information content (AvgIpc) is 2.87. The van der Waals surface area contributed by atoms with E-state index < -0.39 is 0 Å². The van der Waals surface area contributed by atoms with Crippen LogP contribution in [0.3, 0.4) is 0 Å². The molecule has 2 aromatic heterocycles. The number of aromatic nitrogens is 3. The van der Waals surface area contributed by atoms with E-state index >= 15 is 0 Å². The number of nitrogens with zero attached hydrogens (tertiary/aromatic N) is 5. The molecule has 0 radical (unpaired) electrons. The van der Waals surface area contributed by atoms with Crippen LogP contribution in [0, 0.1) is 12.7 Å². The summed E-state index contributed by atoms with van der Waals surface area (Å²) in [5.74, 6) is 0.00755. The molecule has 7 nitrogen and oxygen atoms in total. The van der Waals surface area contributed by atoms with Gasteiger partial charge in [0.15, 0.2) is 0 Å². The molecule has 1 aliphatic carbocycles. The second-order valence-electron chi connectivity index (χ2n) is 10.0. The zero-order valence-corrected chi connectivity index (χ0v) is 21.1. The molecule has 2 N–H and O–H groups in total. The third kappa shape index (κ3) is 5.09. The minimum Gasteiger partial charge on any atom is -0.392 e. The molecular weight excluding hydrogens is 455 g/mol. The standard InChI is InChI=1S/C28H33FN6O/c1-17(2)35-11-8-22(9-12-35)36-34-26-14-20(13-25-27(26)18(3)32-28(30)33-25)23-7-6-21(29)15-24(23)19-5-4-10-31-16-19/h4-7,10,15-17,20,22H,8-9,11-14H2,1-3H3,(H2,30,32,33). The van der Waals surface area contributed by atoms with Crippen molar-refractivity contribution in [1.29, 1.82) is 0 Å². The Labute approximate surface area is 211 Å². The molecule has 2 aliphatic rings. The zero-order chi connectivity index (χ0) is 25.2. The highest BCUT2D eigenvalue weighted by Crippen LogP contribution is 2.38. The Kier molecular flexibility index (Phi) is 6.96. The number of aryl methyl sites for hydroxylation is 1. The fraction of sp³-hybridized carbons (Fsp3) is 0.429. The summed E-state index contributed by atoms with van der Waals surface area (Å²) >= 11 is 0. The summed E-state index contributed by atoms with van der Waals surface area (Å²) in [5, 5.41) is 4.70. The predicted molar refractivity (Wildman–Crippen MR) is 139 cm³/mol. The average molecular weight is 489 g/mol. The molecular formula is C28H33FN6O. The second kappa shape index (κ2) is 10.3. The summed E-state index contributed by atoms with van der Waals surface area (Å²) in [6, 6.07) is 9.32. The largest absolute Gasteiger partial charge is 0.392 e. The molecule has 0 saturated carbocycles. The lowest BCUT2D eigenvalue weighted by molar-refractivity contribution is 0.00403. The zero-order valence-electron chi connectivity index (χ0n) is 21.1. The molecule has 3 aromatic rings. The number of halogens is 1. The van der Waals surface area contributed by atoms with Crippen LogP contribution in [-0.2, 0) is 11.3 Å². The molecule has 1 atom stereocenters. The van der Waals surface area contributed by atoms with Crippen LogP contribution in [-0.4, -0.2) is 50.8 Å². The summed E-state index contributed by atoms with van der Waals surface area (Å²) in [5.41, 5.74) is 12.2. The van der Waals surface area contributed by atoms with E-state index in [4.69, 9.17) is 15.7 Å². The molecule has 1 unspecified atom stereocenters. The Morgan fingerprint density at radius 1 is 1.14 bits per heavy atom. The van der Waals surface area contributed by atoms with Crippen molar-refractivity contribution in [1.82, 2.24) is 19.9 Å². The molecule has 5 rings (SSSR count). The molecule has 3 heterocycles. The van der Waals surface area contributed by atoms with Gasteiger partial charge in [0.2, 0.25) is 5.95 Å². The first kappa shape index (κ1) is 24.3. The Bertz CT molecular complexity index is 1250. The minimum absolute atomic E-state index is 0.0344. The number of oxime groups is 1. The fourth-order valence-electron chi connectivity index (χ4n) is 5.41. The van der Waals surface area contributed by atoms with E-state index in [1.165, 1.54) is 6.07 Å². The summed E-state index contributed by atoms with van der Waals surface area (Å²) < 4.78 is 14.3. The molecule has 1 saturated heterocycles. The first-order chi connectivity index (χ1) is 17.4. The van der Waals surface area contributed by atoms with E-state index in [1.54, 1.807) is 18.5 Å². The lowest BCUT2D eigenvalue weighted by Crippen LogP contribution is -2.40. The second-order valence-corrected chi connectivity index (χ2v) is 10.0. The quantitative estimate of drug-likeness (QED) is 0.514. The number of hydrogen-bond acceptors (Lipinski definition) is 7. The van der Waals surface area contributed by atoms with Crippen LogP contribution in [0.5, 0.6) is 0 Å². The minimum atomic E-state index is -0.277. The maximum atomic E-state index is 14.3. The van der Waals surface area contributed by atoms with Gasteiger partial charge in [-0.3, -0.25) is 4.98 Å². The third-order valence-corrected chi connectivity index (χ3v) is 7.30. The molecule has 1 fully saturated rings. The van der Waals surface area contributed by atoms with E-state index in [9.17, 15) is 4.39 Å². The number of anilines is 1. The number of piperidine rings is 1. The number of rotatable bonds is 5. The summed E-state index contributed by atoms with van der Waals surface area (Å²) in [4.78, 5) is 21.8. The van der Waals surface area contributed by atoms with Gasteiger partial charge in [-0.25, -0.2) is 14.4 Å². The number of benzene rings is 1. The van der Waals surface area contributed by atoms with E-state index in [1.807, 2.05) is 25.1 Å². The van der Waals surface area contributed by atoms with E-state index in [2.05, 4.69) is 33.7 Å². The number of likely N-dealkylation sites (tertiary alicyclic amines) is 1. The van der Waals surface area contributed by atoms with E-state index in [0.717, 1.165) is 65.3 Å². The Balaban J connectivity index is 1.48. The lowest BCUT2D eigenvalue weighted by atomic mass is 9.78. The van der Waals surface area contributed by atoms with Gasteiger partial charge in [0.25, 0.3) is 0 Å². The molecule has 1 aliphatic heterocycles. The molecule has 1 aromatic carbocycles. The van der Waals surface area contributed by atoms with Gasteiger partial charge < -0.3 is 15.5 Å². The first-order valence-electron chi connectivity index (χ1n) is 12.7. The molecule has 8 heteroatoms. The van der Waals surface area contributed by atoms with Gasteiger partial charge in [-0.2, -0.15) is 0 Å². The summed E-state index contributed by atoms with van der Waals surface area (Å²) in [6.45, 7) is 8.41. The van der Waals surface area contributed by atoms with Crippen LogP contribution in [0.25, 0.3) is 11.1 Å². The maximum Gasteiger partial charge on any atom is 0.220 e. The Morgan fingerprint density at radius 2 is 1.94 bits per heavy atom. The van der Waals surface area contributed by atoms with Gasteiger partial charge >= 0.3 is 0 Å². The molecule has 0 amide bonds. The van der Waals surface area contributed by atoms with Gasteiger partial charge in [0.1, 0.15) is 11.9 Å². The first-order valence-corrected chi connectivity index (χ1v) is 12.7. The predicted octanol–water partition coefficient (Wildman–Crippen LogP) is 4.89. The normalized spacial score (nSPS) is 20.0. The van der Waals surface area contributed by atoms with Crippen molar-refractivity contribution in [2.75, 3.05) is 18.8 Å². The number of fused-ring (bicyclic) bond motifs is 1. The highest BCUT2D eigenvalue weighted by atomic mass is 19.1. The van der Waals surface area contributed by atoms with Gasteiger partial charge in [-0.15, -0.1) is 0 Å². The van der Waals surface area contributed by atoms with Crippen molar-refractivity contribution in [3.05, 3.63) is 71.1 Å². The van der Waals surface area contributed by atoms with Crippen molar-refractivity contribution in [2.24, 2.45) is 5.16 Å². The van der Waals surface area contributed by atoms with Crippen LogP contribution < -0.4 is 5.73 Å². The topological polar surface area (TPSA) is 89.5 Å². The van der Waals surface area contributed by atoms with Crippen molar-refractivity contribution in [2.45, 2.75) is 64.5 Å². The van der Waals surface area contributed by atoms with Crippen LogP contribution in [0.15, 0.2) is 47.9 Å². The van der Waals surface area contributed by atoms with Gasteiger partial charge in [-0.05, 0) is 75.3 Å². The van der Waals surface area contributed by atoms with Crippen LogP contribution >= 0.6 is 0 Å². The van der Waals surface area contributed by atoms with Crippen LogP contribution in [0.2, 0.25) is 0 Å². The molecule has 0 bridgehead atoms. The highest BCUT2D eigenvalue weighted by Gasteiger charge is 2.31. The maximum absolute atomic E-state index is 14.3. The summed E-state index contributed by atoms with van der Waals surface area (Å²) in [7, 11) is 0. The number of nitrogens with two attached hydrogens (primary N) is 1. The van der Waals surface area contributed by atoms with Gasteiger partial charge in [0.05, 0.1) is 17.1 Å². The highest BCUT2D eigenvalue weighted by molar-refractivity contribution is 6.03. The summed E-state index contributed by atoms with van der Waals surface area (Å²) in [6.07, 6.45) is 6.77. The van der Waals surface area contributed by atoms with Crippen LogP contribution in [0.4, 0.5) is 10.3 Å². The molecule has 188 valence electrons. The monoisotopic (exact) mass is 488 g/mol. The fourth-order valence-corrected chi connectivity index (χ4v) is 5.41. The van der Waals surface area contributed by atoms with Gasteiger partial charge in [-0.1, -0.05) is 17.3 Å². The van der Waals surface area contributed by atoms with Crippen molar-refractivity contribution < 1.29 is 9.23 Å². The molecule has 36 heavy (non-hydrogen) atoms. The van der Waals surface area contributed by atoms with Crippen LogP contribution in [0.1, 0.15) is 61.5 Å². The Hall–Kier alpha value is -3.39. The molecule has 0 spiro atoms. The Morgan fingerprint density at radius 3 is 2.67 bits per heavy atom. The van der Waals surface area contributed by atoms with Crippen molar-refractivity contribution >= 4 is 11.7 Å². The number of nitrogen functional groups attached to an aromatic ring is 1. The smallest absolute Gasteiger partial charge is 0.220 e. The SMILES string of the molecule is Cc1nc(N)nc2c1C(=NOC1CCN(C(C)C)CC1)CC(c1ccc(F)cc1-c1cccnc1)C2. The van der Waals surface area contributed by atoms with E-state index in [0.29, 0.717) is 18.9 Å². The lowest BCUT2D eigenvalue weighted by Gasteiger charge is -2.33.